The smallest absolute Gasteiger partial charge is 0.243 e. The van der Waals surface area contributed by atoms with Crippen LogP contribution in [0.4, 0.5) is 0 Å². The van der Waals surface area contributed by atoms with Gasteiger partial charge in [0.2, 0.25) is 11.7 Å². The van der Waals surface area contributed by atoms with Crippen LogP contribution in [-0.2, 0) is 15.1 Å². The molecule has 2 aliphatic rings. The van der Waals surface area contributed by atoms with Gasteiger partial charge in [-0.1, -0.05) is 5.16 Å². The van der Waals surface area contributed by atoms with E-state index in [9.17, 15) is 5.11 Å². The number of ether oxygens (including phenoxy) is 2. The summed E-state index contributed by atoms with van der Waals surface area (Å²) in [7, 11) is 1.67. The van der Waals surface area contributed by atoms with Gasteiger partial charge in [-0.25, -0.2) is 0 Å². The number of rotatable bonds is 3. The van der Waals surface area contributed by atoms with Crippen molar-refractivity contribution in [3.63, 3.8) is 0 Å². The lowest BCUT2D eigenvalue weighted by Gasteiger charge is -2.32. The lowest BCUT2D eigenvalue weighted by molar-refractivity contribution is -0.101. The summed E-state index contributed by atoms with van der Waals surface area (Å²) in [5.74, 6) is 1.10. The van der Waals surface area contributed by atoms with Gasteiger partial charge >= 0.3 is 0 Å². The molecule has 2 atom stereocenters. The Bertz CT molecular complexity index is 430. The van der Waals surface area contributed by atoms with Crippen molar-refractivity contribution in [2.75, 3.05) is 26.9 Å². The minimum absolute atomic E-state index is 0.0648. The zero-order valence-corrected chi connectivity index (χ0v) is 11.0. The molecule has 2 aliphatic heterocycles. The summed E-state index contributed by atoms with van der Waals surface area (Å²) in [5, 5.41) is 16.7. The monoisotopic (exact) mass is 269 g/mol. The standard InChI is InChI=1S/C12H19N3O4/c1-17-12(2-4-18-5-3-12)11-14-10(19-15-11)9-6-8(16)7-13-9/h8-9,13,16H,2-7H2,1H3/t8?,9-/m0/s1. The normalized spacial score (nSPS) is 30.6. The van der Waals surface area contributed by atoms with Crippen LogP contribution >= 0.6 is 0 Å². The van der Waals surface area contributed by atoms with Gasteiger partial charge in [0.15, 0.2) is 0 Å². The third-order valence-electron chi connectivity index (χ3n) is 3.95. The van der Waals surface area contributed by atoms with E-state index in [2.05, 4.69) is 15.5 Å². The van der Waals surface area contributed by atoms with Crippen molar-refractivity contribution in [1.82, 2.24) is 15.5 Å². The summed E-state index contributed by atoms with van der Waals surface area (Å²) >= 11 is 0. The molecule has 1 aromatic rings. The quantitative estimate of drug-likeness (QED) is 0.805. The van der Waals surface area contributed by atoms with Crippen molar-refractivity contribution in [1.29, 1.82) is 0 Å². The number of aliphatic hydroxyl groups is 1. The maximum absolute atomic E-state index is 9.52. The summed E-state index contributed by atoms with van der Waals surface area (Å²) in [6.45, 7) is 1.84. The molecule has 2 saturated heterocycles. The average Bonchev–Trinajstić information content (AvgIpc) is 3.08. The fraction of sp³-hybridized carbons (Fsp3) is 0.833. The molecule has 0 radical (unpaired) electrons. The molecule has 0 amide bonds. The molecular weight excluding hydrogens is 250 g/mol. The van der Waals surface area contributed by atoms with E-state index in [4.69, 9.17) is 14.0 Å². The molecule has 7 nitrogen and oxygen atoms in total. The molecule has 2 N–H and O–H groups in total. The highest BCUT2D eigenvalue weighted by molar-refractivity contribution is 5.06. The Balaban J connectivity index is 1.79. The topological polar surface area (TPSA) is 89.6 Å². The van der Waals surface area contributed by atoms with Gasteiger partial charge < -0.3 is 24.4 Å². The molecule has 1 unspecified atom stereocenters. The summed E-state index contributed by atoms with van der Waals surface area (Å²) in [6.07, 6.45) is 1.71. The molecule has 0 bridgehead atoms. The first-order valence-corrected chi connectivity index (χ1v) is 6.62. The molecule has 0 spiro atoms. The summed E-state index contributed by atoms with van der Waals surface area (Å²) < 4.78 is 16.3. The fourth-order valence-corrected chi connectivity index (χ4v) is 2.69. The van der Waals surface area contributed by atoms with E-state index >= 15 is 0 Å². The minimum Gasteiger partial charge on any atom is -0.392 e. The van der Waals surface area contributed by atoms with Gasteiger partial charge in [0.05, 0.1) is 12.1 Å². The molecule has 19 heavy (non-hydrogen) atoms. The van der Waals surface area contributed by atoms with Crippen LogP contribution in [0.3, 0.4) is 0 Å². The predicted octanol–water partition coefficient (Wildman–Crippen LogP) is 0.117. The Labute approximate surface area is 111 Å². The summed E-state index contributed by atoms with van der Waals surface area (Å²) in [5.41, 5.74) is -0.503. The largest absolute Gasteiger partial charge is 0.392 e. The SMILES string of the molecule is COC1(c2noc([C@@H]3CC(O)CN3)n2)CCOCC1. The number of methoxy groups -OCH3 is 1. The van der Waals surface area contributed by atoms with Crippen molar-refractivity contribution in [3.05, 3.63) is 11.7 Å². The first-order valence-electron chi connectivity index (χ1n) is 6.62. The van der Waals surface area contributed by atoms with Crippen LogP contribution in [0.1, 0.15) is 37.0 Å². The Morgan fingerprint density at radius 2 is 2.21 bits per heavy atom. The van der Waals surface area contributed by atoms with Gasteiger partial charge in [-0.05, 0) is 6.42 Å². The number of aliphatic hydroxyl groups excluding tert-OH is 1. The van der Waals surface area contributed by atoms with Crippen LogP contribution in [0.2, 0.25) is 0 Å². The third kappa shape index (κ3) is 2.38. The Kier molecular flexibility index (Phi) is 3.53. The first-order chi connectivity index (χ1) is 9.23. The molecule has 7 heteroatoms. The first kappa shape index (κ1) is 13.0. The van der Waals surface area contributed by atoms with E-state index in [0.717, 1.165) is 12.8 Å². The van der Waals surface area contributed by atoms with Crippen molar-refractivity contribution in [2.24, 2.45) is 0 Å². The van der Waals surface area contributed by atoms with Crippen LogP contribution < -0.4 is 5.32 Å². The van der Waals surface area contributed by atoms with E-state index in [1.807, 2.05) is 0 Å². The van der Waals surface area contributed by atoms with Gasteiger partial charge in [-0.2, -0.15) is 4.98 Å². The molecule has 2 fully saturated rings. The Morgan fingerprint density at radius 1 is 1.42 bits per heavy atom. The lowest BCUT2D eigenvalue weighted by atomic mass is 9.93. The van der Waals surface area contributed by atoms with Crippen molar-refractivity contribution >= 4 is 0 Å². The summed E-state index contributed by atoms with van der Waals surface area (Å²) in [6, 6.07) is -0.0648. The highest BCUT2D eigenvalue weighted by Gasteiger charge is 2.40. The van der Waals surface area contributed by atoms with Crippen molar-refractivity contribution < 1.29 is 19.1 Å². The average molecular weight is 269 g/mol. The second kappa shape index (κ2) is 5.16. The number of nitrogens with one attached hydrogen (secondary N) is 1. The fourth-order valence-electron chi connectivity index (χ4n) is 2.69. The molecule has 0 aromatic carbocycles. The van der Waals surface area contributed by atoms with Gasteiger partial charge in [0.25, 0.3) is 0 Å². The van der Waals surface area contributed by atoms with E-state index in [-0.39, 0.29) is 12.1 Å². The maximum Gasteiger partial charge on any atom is 0.243 e. The van der Waals surface area contributed by atoms with Gasteiger partial charge in [0, 0.05) is 39.7 Å². The Hall–Kier alpha value is -1.02. The number of nitrogens with zero attached hydrogens (tertiary/aromatic N) is 2. The Morgan fingerprint density at radius 3 is 2.84 bits per heavy atom. The van der Waals surface area contributed by atoms with Crippen molar-refractivity contribution in [2.45, 2.75) is 37.0 Å². The molecule has 0 aliphatic carbocycles. The molecule has 0 saturated carbocycles. The number of aromatic nitrogens is 2. The molecule has 3 rings (SSSR count). The van der Waals surface area contributed by atoms with Gasteiger partial charge in [-0.15, -0.1) is 0 Å². The second-order valence-corrected chi connectivity index (χ2v) is 5.12. The summed E-state index contributed by atoms with van der Waals surface area (Å²) in [4.78, 5) is 4.46. The van der Waals surface area contributed by atoms with Crippen LogP contribution in [0.25, 0.3) is 0 Å². The predicted molar refractivity (Wildman–Crippen MR) is 64.4 cm³/mol. The minimum atomic E-state index is -0.503. The van der Waals surface area contributed by atoms with Crippen LogP contribution in [-0.4, -0.2) is 48.2 Å². The van der Waals surface area contributed by atoms with Crippen LogP contribution in [0.5, 0.6) is 0 Å². The zero-order chi connectivity index (χ0) is 13.3. The number of hydrogen-bond acceptors (Lipinski definition) is 7. The second-order valence-electron chi connectivity index (χ2n) is 5.12. The molecule has 106 valence electrons. The van der Waals surface area contributed by atoms with E-state index in [0.29, 0.717) is 37.9 Å². The van der Waals surface area contributed by atoms with Gasteiger partial charge in [-0.3, -0.25) is 0 Å². The van der Waals surface area contributed by atoms with Crippen LogP contribution in [0.15, 0.2) is 4.52 Å². The molecular formula is C12H19N3O4. The van der Waals surface area contributed by atoms with E-state index in [1.165, 1.54) is 0 Å². The highest BCUT2D eigenvalue weighted by Crippen LogP contribution is 2.34. The third-order valence-corrected chi connectivity index (χ3v) is 3.95. The van der Waals surface area contributed by atoms with Crippen LogP contribution in [0, 0.1) is 0 Å². The number of β-amino-alcohol motifs (C(OH)–C–C–N with tert-alkyl or cyclic N) is 1. The van der Waals surface area contributed by atoms with E-state index < -0.39 is 5.60 Å². The maximum atomic E-state index is 9.52. The highest BCUT2D eigenvalue weighted by atomic mass is 16.5. The van der Waals surface area contributed by atoms with E-state index in [1.54, 1.807) is 7.11 Å². The zero-order valence-electron chi connectivity index (χ0n) is 11.0. The lowest BCUT2D eigenvalue weighted by Crippen LogP contribution is -2.36. The van der Waals surface area contributed by atoms with Crippen molar-refractivity contribution in [3.8, 4) is 0 Å². The molecule has 1 aromatic heterocycles. The number of hydrogen-bond donors (Lipinski definition) is 2. The molecule has 3 heterocycles. The van der Waals surface area contributed by atoms with Gasteiger partial charge in [0.1, 0.15) is 5.60 Å².